The topological polar surface area (TPSA) is 141 Å². The molecule has 0 aliphatic carbocycles. The van der Waals surface area contributed by atoms with Crippen molar-refractivity contribution in [3.8, 4) is 10.7 Å². The number of carbonyl (C=O) groups excluding carboxylic acids is 2. The third-order valence-corrected chi connectivity index (χ3v) is 6.69. The molecule has 0 radical (unpaired) electrons. The van der Waals surface area contributed by atoms with Crippen LogP contribution in [-0.4, -0.2) is 78.8 Å². The quantitative estimate of drug-likeness (QED) is 0.515. The van der Waals surface area contributed by atoms with E-state index < -0.39 is 33.2 Å². The van der Waals surface area contributed by atoms with Gasteiger partial charge in [-0.25, -0.2) is 33.0 Å². The molecule has 0 unspecified atom stereocenters. The second-order valence-corrected chi connectivity index (χ2v) is 14.2. The molecule has 2 aromatic rings. The molecule has 1 aliphatic heterocycles. The minimum atomic E-state index is -3.38. The van der Waals surface area contributed by atoms with E-state index in [1.165, 1.54) is 6.20 Å². The number of amides is 2. The van der Waals surface area contributed by atoms with E-state index >= 15 is 0 Å². The van der Waals surface area contributed by atoms with Crippen molar-refractivity contribution in [3.05, 3.63) is 18.0 Å². The molecular weight excluding hydrogens is 534 g/mol. The van der Waals surface area contributed by atoms with E-state index in [4.69, 9.17) is 14.2 Å². The first kappa shape index (κ1) is 29.7. The van der Waals surface area contributed by atoms with E-state index in [2.05, 4.69) is 15.0 Å². The maximum atomic E-state index is 13.0. The largest absolute Gasteiger partial charge is 0.443 e. The molecule has 12 nitrogen and oxygen atoms in total. The highest BCUT2D eigenvalue weighted by molar-refractivity contribution is 7.89. The van der Waals surface area contributed by atoms with Crippen molar-refractivity contribution in [2.24, 2.45) is 0 Å². The van der Waals surface area contributed by atoms with Crippen LogP contribution in [0, 0.1) is 0 Å². The third kappa shape index (κ3) is 8.33. The van der Waals surface area contributed by atoms with Gasteiger partial charge in [-0.1, -0.05) is 11.3 Å². The Balaban J connectivity index is 2.05. The molecule has 14 heteroatoms. The van der Waals surface area contributed by atoms with Gasteiger partial charge < -0.3 is 19.1 Å². The molecule has 1 fully saturated rings. The van der Waals surface area contributed by atoms with Gasteiger partial charge in [0.2, 0.25) is 5.13 Å². The molecule has 210 valence electrons. The summed E-state index contributed by atoms with van der Waals surface area (Å²) in [5.74, 6) is 0.495. The van der Waals surface area contributed by atoms with Crippen LogP contribution < -0.4 is 9.80 Å². The maximum absolute atomic E-state index is 13.0. The van der Waals surface area contributed by atoms with Crippen LogP contribution in [0.5, 0.6) is 0 Å². The second kappa shape index (κ2) is 11.1. The number of imide groups is 1. The first-order valence-corrected chi connectivity index (χ1v) is 14.9. The number of ether oxygens (including phenoxy) is 3. The average molecular weight is 570 g/mol. The number of nitrogens with zero attached hydrogens (tertiary/aromatic N) is 5. The number of carbonyl (C=O) groups is 2. The SMILES string of the molecule is C[C@H]1COCCN1c1cc(CS(C)(=O)=O)nc(-c2cnc(N(C(=O)OC(C)(C)C)C(=O)OC(C)(C)C)s2)n1. The van der Waals surface area contributed by atoms with E-state index in [9.17, 15) is 18.0 Å². The van der Waals surface area contributed by atoms with E-state index in [1.54, 1.807) is 47.6 Å². The summed E-state index contributed by atoms with van der Waals surface area (Å²) in [6.45, 7) is 13.7. The van der Waals surface area contributed by atoms with Gasteiger partial charge in [-0.2, -0.15) is 4.90 Å². The predicted molar refractivity (Wildman–Crippen MR) is 144 cm³/mol. The summed E-state index contributed by atoms with van der Waals surface area (Å²) in [5, 5.41) is 0.00177. The average Bonchev–Trinajstić information content (AvgIpc) is 3.19. The van der Waals surface area contributed by atoms with Crippen molar-refractivity contribution in [2.75, 3.05) is 35.8 Å². The summed E-state index contributed by atoms with van der Waals surface area (Å²) in [4.78, 5) is 42.6. The molecule has 0 aromatic carbocycles. The highest BCUT2D eigenvalue weighted by Crippen LogP contribution is 2.33. The van der Waals surface area contributed by atoms with Gasteiger partial charge in [-0.05, 0) is 48.5 Å². The molecule has 0 spiro atoms. The van der Waals surface area contributed by atoms with Gasteiger partial charge in [0.25, 0.3) is 0 Å². The van der Waals surface area contributed by atoms with E-state index in [-0.39, 0.29) is 22.8 Å². The smallest absolute Gasteiger partial charge is 0.426 e. The Labute approximate surface area is 227 Å². The van der Waals surface area contributed by atoms with Crippen LogP contribution in [-0.2, 0) is 29.8 Å². The zero-order valence-electron chi connectivity index (χ0n) is 23.0. The Morgan fingerprint density at radius 1 is 1.13 bits per heavy atom. The summed E-state index contributed by atoms with van der Waals surface area (Å²) in [5.41, 5.74) is -1.42. The number of thiazole rings is 1. The van der Waals surface area contributed by atoms with Gasteiger partial charge in [0.05, 0.1) is 41.8 Å². The molecule has 0 N–H and O–H groups in total. The Morgan fingerprint density at radius 3 is 2.26 bits per heavy atom. The number of rotatable bonds is 5. The fraction of sp³-hybridized carbons (Fsp3) is 0.625. The number of sulfone groups is 1. The van der Waals surface area contributed by atoms with Gasteiger partial charge in [-0.3, -0.25) is 0 Å². The van der Waals surface area contributed by atoms with Crippen LogP contribution in [0.4, 0.5) is 20.5 Å². The van der Waals surface area contributed by atoms with Crippen molar-refractivity contribution >= 4 is 44.3 Å². The standard InChI is InChI=1S/C24H35N5O7S2/c1-15-13-34-10-9-28(15)18-11-16(14-38(8,32)33)26-19(27-18)17-12-25-20(37-17)29(21(30)35-23(2,3)4)22(31)36-24(5,6)7/h11-12,15H,9-10,13-14H2,1-8H3/t15-/m0/s1. The molecular formula is C24H35N5O7S2. The van der Waals surface area contributed by atoms with Crippen molar-refractivity contribution in [3.63, 3.8) is 0 Å². The Bertz CT molecular complexity index is 1250. The fourth-order valence-corrected chi connectivity index (χ4v) is 4.98. The molecule has 2 amide bonds. The van der Waals surface area contributed by atoms with E-state index in [0.717, 1.165) is 22.5 Å². The molecule has 1 aliphatic rings. The zero-order chi connectivity index (χ0) is 28.5. The highest BCUT2D eigenvalue weighted by atomic mass is 32.2. The summed E-state index contributed by atoms with van der Waals surface area (Å²) < 4.78 is 40.5. The Morgan fingerprint density at radius 2 is 1.74 bits per heavy atom. The second-order valence-electron chi connectivity index (χ2n) is 11.0. The van der Waals surface area contributed by atoms with Gasteiger partial charge in [0.1, 0.15) is 17.0 Å². The van der Waals surface area contributed by atoms with Crippen LogP contribution in [0.25, 0.3) is 10.7 Å². The number of morpholine rings is 1. The van der Waals surface area contributed by atoms with Crippen LogP contribution in [0.15, 0.2) is 12.3 Å². The lowest BCUT2D eigenvalue weighted by atomic mass is 10.2. The highest BCUT2D eigenvalue weighted by Gasteiger charge is 2.35. The van der Waals surface area contributed by atoms with Crippen molar-refractivity contribution in [1.82, 2.24) is 15.0 Å². The van der Waals surface area contributed by atoms with Gasteiger partial charge in [0, 0.05) is 18.9 Å². The van der Waals surface area contributed by atoms with Gasteiger partial charge >= 0.3 is 12.2 Å². The van der Waals surface area contributed by atoms with E-state index in [0.29, 0.717) is 36.1 Å². The summed E-state index contributed by atoms with van der Waals surface area (Å²) in [7, 11) is -3.38. The molecule has 0 bridgehead atoms. The molecule has 2 aromatic heterocycles. The first-order chi connectivity index (χ1) is 17.4. The Kier molecular flexibility index (Phi) is 8.68. The predicted octanol–water partition coefficient (Wildman–Crippen LogP) is 4.05. The monoisotopic (exact) mass is 569 g/mol. The minimum absolute atomic E-state index is 0.00177. The van der Waals surface area contributed by atoms with Gasteiger partial charge in [0.15, 0.2) is 15.7 Å². The van der Waals surface area contributed by atoms with Crippen molar-refractivity contribution in [2.45, 2.75) is 71.5 Å². The molecule has 3 heterocycles. The lowest BCUT2D eigenvalue weighted by Gasteiger charge is -2.34. The molecule has 38 heavy (non-hydrogen) atoms. The number of aromatic nitrogens is 3. The van der Waals surface area contributed by atoms with Crippen LogP contribution in [0.2, 0.25) is 0 Å². The van der Waals surface area contributed by atoms with Crippen molar-refractivity contribution < 1.29 is 32.2 Å². The van der Waals surface area contributed by atoms with Crippen LogP contribution >= 0.6 is 11.3 Å². The minimum Gasteiger partial charge on any atom is -0.443 e. The van der Waals surface area contributed by atoms with E-state index in [1.807, 2.05) is 11.8 Å². The van der Waals surface area contributed by atoms with Crippen molar-refractivity contribution in [1.29, 1.82) is 0 Å². The first-order valence-electron chi connectivity index (χ1n) is 12.0. The third-order valence-electron chi connectivity index (χ3n) is 4.89. The van der Waals surface area contributed by atoms with Crippen LogP contribution in [0.3, 0.4) is 0 Å². The normalized spacial score (nSPS) is 16.7. The summed E-state index contributed by atoms with van der Waals surface area (Å²) in [6.07, 6.45) is 0.675. The molecule has 1 atom stereocenters. The van der Waals surface area contributed by atoms with Crippen LogP contribution in [0.1, 0.15) is 54.2 Å². The number of hydrogen-bond acceptors (Lipinski definition) is 12. The summed E-state index contributed by atoms with van der Waals surface area (Å²) in [6, 6.07) is 1.67. The number of anilines is 2. The maximum Gasteiger partial charge on any atom is 0.426 e. The fourth-order valence-electron chi connectivity index (χ4n) is 3.47. The lowest BCUT2D eigenvalue weighted by Crippen LogP contribution is -2.44. The lowest BCUT2D eigenvalue weighted by molar-refractivity contribution is 0.0430. The molecule has 0 saturated carbocycles. The molecule has 3 rings (SSSR count). The zero-order valence-corrected chi connectivity index (χ0v) is 24.6. The van der Waals surface area contributed by atoms with Gasteiger partial charge in [-0.15, -0.1) is 0 Å². The summed E-state index contributed by atoms with van der Waals surface area (Å²) >= 11 is 0.981. The Hall–Kier alpha value is -2.84. The molecule has 1 saturated heterocycles. The number of hydrogen-bond donors (Lipinski definition) is 0.